The van der Waals surface area contributed by atoms with E-state index in [-0.39, 0.29) is 18.7 Å². The van der Waals surface area contributed by atoms with E-state index in [0.29, 0.717) is 18.5 Å². The van der Waals surface area contributed by atoms with Crippen molar-refractivity contribution in [2.24, 2.45) is 11.8 Å². The molecule has 116 valence electrons. The molecule has 6 heteroatoms. The number of nitrogens with one attached hydrogen (secondary N) is 1. The number of amides is 1. The van der Waals surface area contributed by atoms with Crippen LogP contribution in [0.2, 0.25) is 0 Å². The molecule has 2 unspecified atom stereocenters. The fraction of sp³-hybridized carbons (Fsp3) is 0.533. The number of benzene rings is 1. The van der Waals surface area contributed by atoms with Crippen LogP contribution in [0, 0.1) is 22.3 Å². The van der Waals surface area contributed by atoms with Crippen LogP contribution in [0.3, 0.4) is 0 Å². The fourth-order valence-corrected chi connectivity index (χ4v) is 3.16. The lowest BCUT2D eigenvalue weighted by atomic mass is 9.80. The second-order valence-electron chi connectivity index (χ2n) is 5.56. The molecule has 1 aromatic rings. The molecule has 21 heavy (non-hydrogen) atoms. The third-order valence-electron chi connectivity index (χ3n) is 3.95. The van der Waals surface area contributed by atoms with Crippen molar-refractivity contribution in [3.05, 3.63) is 27.3 Å². The van der Waals surface area contributed by atoms with Crippen molar-refractivity contribution in [1.82, 2.24) is 0 Å². The molecule has 0 radical (unpaired) electrons. The van der Waals surface area contributed by atoms with Gasteiger partial charge in [-0.3, -0.25) is 4.79 Å². The highest BCUT2D eigenvalue weighted by atomic mass is 127. The molecule has 2 nitrogen and oxygen atoms in total. The van der Waals surface area contributed by atoms with Crippen LogP contribution < -0.4 is 5.32 Å². The van der Waals surface area contributed by atoms with Crippen LogP contribution >= 0.6 is 22.6 Å². The molecule has 0 aliphatic heterocycles. The summed E-state index contributed by atoms with van der Waals surface area (Å²) in [7, 11) is 0. The van der Waals surface area contributed by atoms with Gasteiger partial charge >= 0.3 is 6.18 Å². The summed E-state index contributed by atoms with van der Waals surface area (Å²) in [5, 5.41) is 2.74. The summed E-state index contributed by atoms with van der Waals surface area (Å²) in [6, 6.07) is 5.49. The molecule has 0 heterocycles. The van der Waals surface area contributed by atoms with Crippen LogP contribution in [-0.4, -0.2) is 12.1 Å². The molecule has 1 aromatic carbocycles. The molecule has 2 rings (SSSR count). The molecule has 1 fully saturated rings. The topological polar surface area (TPSA) is 29.1 Å². The van der Waals surface area contributed by atoms with Gasteiger partial charge in [0.05, 0.1) is 5.92 Å². The van der Waals surface area contributed by atoms with E-state index in [0.717, 1.165) is 9.13 Å². The van der Waals surface area contributed by atoms with Gasteiger partial charge in [-0.2, -0.15) is 13.2 Å². The van der Waals surface area contributed by atoms with Crippen LogP contribution in [0.1, 0.15) is 31.2 Å². The van der Waals surface area contributed by atoms with Crippen molar-refractivity contribution in [3.8, 4) is 0 Å². The highest BCUT2D eigenvalue weighted by Gasteiger charge is 2.43. The maximum atomic E-state index is 12.8. The van der Waals surface area contributed by atoms with Crippen molar-refractivity contribution in [2.45, 2.75) is 38.8 Å². The monoisotopic (exact) mass is 411 g/mol. The number of halogens is 4. The zero-order chi connectivity index (χ0) is 15.6. The highest BCUT2D eigenvalue weighted by molar-refractivity contribution is 14.1. The zero-order valence-electron chi connectivity index (χ0n) is 11.6. The van der Waals surface area contributed by atoms with E-state index in [1.54, 1.807) is 6.07 Å². The largest absolute Gasteiger partial charge is 0.391 e. The average molecular weight is 411 g/mol. The molecule has 0 spiro atoms. The minimum Gasteiger partial charge on any atom is -0.326 e. The first-order valence-corrected chi connectivity index (χ1v) is 7.99. The van der Waals surface area contributed by atoms with E-state index in [9.17, 15) is 18.0 Å². The van der Waals surface area contributed by atoms with Crippen LogP contribution in [0.15, 0.2) is 18.2 Å². The van der Waals surface area contributed by atoms with Gasteiger partial charge in [0.25, 0.3) is 0 Å². The van der Waals surface area contributed by atoms with E-state index < -0.39 is 18.0 Å². The summed E-state index contributed by atoms with van der Waals surface area (Å²) in [4.78, 5) is 12.2. The molecular weight excluding hydrogens is 394 g/mol. The first kappa shape index (κ1) is 16.6. The van der Waals surface area contributed by atoms with E-state index >= 15 is 0 Å². The van der Waals surface area contributed by atoms with Crippen molar-refractivity contribution in [1.29, 1.82) is 0 Å². The molecule has 2 atom stereocenters. The van der Waals surface area contributed by atoms with E-state index in [4.69, 9.17) is 0 Å². The standard InChI is InChI=1S/C15H17F3INO/c1-9-5-6-12(8-13(9)19)20-14(21)10-3-2-4-11(7-10)15(16,17)18/h5-6,8,10-11H,2-4,7H2,1H3,(H,20,21). The van der Waals surface area contributed by atoms with Crippen LogP contribution in [-0.2, 0) is 4.79 Å². The van der Waals surface area contributed by atoms with E-state index in [1.807, 2.05) is 19.1 Å². The minimum absolute atomic E-state index is 0.0989. The molecule has 1 amide bonds. The maximum Gasteiger partial charge on any atom is 0.391 e. The quantitative estimate of drug-likeness (QED) is 0.689. The van der Waals surface area contributed by atoms with Crippen LogP contribution in [0.25, 0.3) is 0 Å². The van der Waals surface area contributed by atoms with Gasteiger partial charge in [-0.15, -0.1) is 0 Å². The van der Waals surface area contributed by atoms with Gasteiger partial charge in [-0.05, 0) is 66.5 Å². The van der Waals surface area contributed by atoms with Gasteiger partial charge in [0.15, 0.2) is 0 Å². The lowest BCUT2D eigenvalue weighted by Gasteiger charge is -2.29. The summed E-state index contributed by atoms with van der Waals surface area (Å²) in [5.74, 6) is -2.20. The second-order valence-corrected chi connectivity index (χ2v) is 6.72. The van der Waals surface area contributed by atoms with Crippen molar-refractivity contribution >= 4 is 34.2 Å². The van der Waals surface area contributed by atoms with Gasteiger partial charge < -0.3 is 5.32 Å². The SMILES string of the molecule is Cc1ccc(NC(=O)C2CCCC(C(F)(F)F)C2)cc1I. The Labute approximate surface area is 135 Å². The highest BCUT2D eigenvalue weighted by Crippen LogP contribution is 2.40. The first-order chi connectivity index (χ1) is 9.77. The van der Waals surface area contributed by atoms with E-state index in [1.165, 1.54) is 0 Å². The number of alkyl halides is 3. The number of rotatable bonds is 2. The average Bonchev–Trinajstić information content (AvgIpc) is 2.42. The summed E-state index contributed by atoms with van der Waals surface area (Å²) < 4.78 is 39.3. The number of hydrogen-bond acceptors (Lipinski definition) is 1. The second kappa shape index (κ2) is 6.54. The van der Waals surface area contributed by atoms with Gasteiger partial charge in [0.1, 0.15) is 0 Å². The van der Waals surface area contributed by atoms with Gasteiger partial charge in [-0.1, -0.05) is 12.5 Å². The molecule has 1 N–H and O–H groups in total. The third kappa shape index (κ3) is 4.34. The molecule has 1 aliphatic carbocycles. The number of anilines is 1. The van der Waals surface area contributed by atoms with Crippen molar-refractivity contribution < 1.29 is 18.0 Å². The lowest BCUT2D eigenvalue weighted by Crippen LogP contribution is -2.34. The van der Waals surface area contributed by atoms with E-state index in [2.05, 4.69) is 27.9 Å². The molecular formula is C15H17F3INO. The summed E-state index contributed by atoms with van der Waals surface area (Å²) in [6.45, 7) is 1.96. The molecule has 1 aliphatic rings. The number of carbonyl (C=O) groups excluding carboxylic acids is 1. The molecule has 0 bridgehead atoms. The molecule has 0 saturated heterocycles. The van der Waals surface area contributed by atoms with Crippen LogP contribution in [0.5, 0.6) is 0 Å². The Kier molecular flexibility index (Phi) is 5.16. The Bertz CT molecular complexity index is 530. The Balaban J connectivity index is 2.01. The predicted molar refractivity (Wildman–Crippen MR) is 84.0 cm³/mol. The van der Waals surface area contributed by atoms with Gasteiger partial charge in [-0.25, -0.2) is 0 Å². The van der Waals surface area contributed by atoms with Crippen molar-refractivity contribution in [3.63, 3.8) is 0 Å². The lowest BCUT2D eigenvalue weighted by molar-refractivity contribution is -0.185. The molecule has 0 aromatic heterocycles. The first-order valence-electron chi connectivity index (χ1n) is 6.91. The minimum atomic E-state index is -4.20. The smallest absolute Gasteiger partial charge is 0.326 e. The predicted octanol–water partition coefficient (Wildman–Crippen LogP) is 4.91. The van der Waals surface area contributed by atoms with Gasteiger partial charge in [0.2, 0.25) is 5.91 Å². The fourth-order valence-electron chi connectivity index (χ4n) is 2.64. The summed E-state index contributed by atoms with van der Waals surface area (Å²) >= 11 is 2.16. The summed E-state index contributed by atoms with van der Waals surface area (Å²) in [5.41, 5.74) is 1.74. The number of aryl methyl sites for hydroxylation is 1. The Morgan fingerprint density at radius 2 is 2.05 bits per heavy atom. The normalized spacial score (nSPS) is 22.9. The van der Waals surface area contributed by atoms with Gasteiger partial charge in [0, 0.05) is 15.2 Å². The van der Waals surface area contributed by atoms with Crippen molar-refractivity contribution in [2.75, 3.05) is 5.32 Å². The summed E-state index contributed by atoms with van der Waals surface area (Å²) in [6.07, 6.45) is -3.18. The number of hydrogen-bond donors (Lipinski definition) is 1. The number of carbonyl (C=O) groups is 1. The maximum absolute atomic E-state index is 12.8. The Morgan fingerprint density at radius 3 is 2.67 bits per heavy atom. The zero-order valence-corrected chi connectivity index (χ0v) is 13.8. The Hall–Kier alpha value is -0.790. The molecule has 1 saturated carbocycles. The Morgan fingerprint density at radius 1 is 1.33 bits per heavy atom. The third-order valence-corrected chi connectivity index (χ3v) is 5.11. The van der Waals surface area contributed by atoms with Crippen LogP contribution in [0.4, 0.5) is 18.9 Å².